The van der Waals surface area contributed by atoms with Crippen molar-refractivity contribution < 1.29 is 0 Å². The van der Waals surface area contributed by atoms with Crippen molar-refractivity contribution in [2.45, 2.75) is 44.6 Å². The van der Waals surface area contributed by atoms with Crippen molar-refractivity contribution in [3.8, 4) is 0 Å². The molecule has 4 nitrogen and oxygen atoms in total. The van der Waals surface area contributed by atoms with Crippen molar-refractivity contribution in [3.63, 3.8) is 0 Å². The van der Waals surface area contributed by atoms with Gasteiger partial charge in [0.15, 0.2) is 0 Å². The highest BCUT2D eigenvalue weighted by atomic mass is 35.5. The van der Waals surface area contributed by atoms with Crippen LogP contribution in [0.25, 0.3) is 21.8 Å². The molecule has 0 spiro atoms. The first kappa shape index (κ1) is 17.2. The van der Waals surface area contributed by atoms with E-state index >= 15 is 0 Å². The van der Waals surface area contributed by atoms with Crippen LogP contribution in [-0.4, -0.2) is 23.9 Å². The average molecular weight is 369 g/mol. The number of anilines is 1. The Kier molecular flexibility index (Phi) is 5.02. The van der Waals surface area contributed by atoms with E-state index in [0.29, 0.717) is 6.04 Å². The van der Waals surface area contributed by atoms with Crippen LogP contribution in [0, 0.1) is 5.41 Å². The Labute approximate surface area is 158 Å². The second-order valence-electron chi connectivity index (χ2n) is 7.20. The molecule has 4 N–H and O–H groups in total. The Morgan fingerprint density at radius 1 is 1.12 bits per heavy atom. The average Bonchev–Trinajstić information content (AvgIpc) is 3.01. The van der Waals surface area contributed by atoms with E-state index in [4.69, 9.17) is 17.0 Å². The number of H-pyrrole nitrogens is 1. The number of nitrogens with one attached hydrogen (secondary N) is 4. The Balaban J connectivity index is 1.76. The second kappa shape index (κ2) is 7.58. The fourth-order valence-electron chi connectivity index (χ4n) is 4.09. The van der Waals surface area contributed by atoms with Crippen LogP contribution in [0.3, 0.4) is 0 Å². The first-order valence-corrected chi connectivity index (χ1v) is 9.85. The summed E-state index contributed by atoms with van der Waals surface area (Å²) >= 11 is 6.25. The van der Waals surface area contributed by atoms with Gasteiger partial charge in [0, 0.05) is 45.1 Å². The van der Waals surface area contributed by atoms with Crippen LogP contribution in [0.1, 0.15) is 37.7 Å². The van der Waals surface area contributed by atoms with Gasteiger partial charge in [0.1, 0.15) is 0 Å². The van der Waals surface area contributed by atoms with Crippen LogP contribution in [-0.2, 0) is 6.42 Å². The van der Waals surface area contributed by atoms with Gasteiger partial charge in [0.2, 0.25) is 0 Å². The van der Waals surface area contributed by atoms with Gasteiger partial charge in [-0.1, -0.05) is 30.9 Å². The van der Waals surface area contributed by atoms with Gasteiger partial charge in [-0.25, -0.2) is 0 Å². The third-order valence-corrected chi connectivity index (χ3v) is 5.60. The monoisotopic (exact) mass is 368 g/mol. The molecule has 1 heterocycles. The van der Waals surface area contributed by atoms with Gasteiger partial charge in [-0.2, -0.15) is 0 Å². The second-order valence-corrected chi connectivity index (χ2v) is 7.64. The smallest absolute Gasteiger partial charge is 0.0791 e. The number of fused-ring (bicyclic) bond motifs is 3. The zero-order chi connectivity index (χ0) is 17.9. The van der Waals surface area contributed by atoms with Crippen LogP contribution < -0.4 is 10.6 Å². The Hall–Kier alpha value is -2.20. The lowest BCUT2D eigenvalue weighted by Crippen LogP contribution is -2.22. The molecule has 1 aromatic heterocycles. The highest BCUT2D eigenvalue weighted by Crippen LogP contribution is 2.33. The van der Waals surface area contributed by atoms with Crippen molar-refractivity contribution in [2.24, 2.45) is 0 Å². The number of benzene rings is 2. The van der Waals surface area contributed by atoms with Crippen molar-refractivity contribution >= 4 is 45.4 Å². The molecular formula is C21H25ClN4. The number of aromatic amines is 1. The minimum atomic E-state index is 0.572. The van der Waals surface area contributed by atoms with Gasteiger partial charge >= 0.3 is 0 Å². The third kappa shape index (κ3) is 3.51. The molecule has 5 heteroatoms. The molecule has 26 heavy (non-hydrogen) atoms. The van der Waals surface area contributed by atoms with Crippen LogP contribution >= 0.6 is 11.6 Å². The summed E-state index contributed by atoms with van der Waals surface area (Å²) in [5, 5.41) is 17.1. The molecular weight excluding hydrogens is 344 g/mol. The van der Waals surface area contributed by atoms with Gasteiger partial charge < -0.3 is 15.6 Å². The van der Waals surface area contributed by atoms with Crippen LogP contribution in [0.4, 0.5) is 5.69 Å². The van der Waals surface area contributed by atoms with E-state index in [2.05, 4.69) is 27.8 Å². The normalized spacial score (nSPS) is 15.4. The summed E-state index contributed by atoms with van der Waals surface area (Å²) in [6, 6.07) is 11.1. The molecule has 1 aliphatic carbocycles. The van der Waals surface area contributed by atoms with Crippen molar-refractivity contribution in [2.75, 3.05) is 11.9 Å². The molecule has 0 unspecified atom stereocenters. The topological polar surface area (TPSA) is 63.7 Å². The quantitative estimate of drug-likeness (QED) is 0.265. The molecule has 0 bridgehead atoms. The largest absolute Gasteiger partial charge is 0.382 e. The number of aromatic nitrogens is 1. The van der Waals surface area contributed by atoms with Gasteiger partial charge in [0.05, 0.1) is 6.34 Å². The van der Waals surface area contributed by atoms with Crippen LogP contribution in [0.15, 0.2) is 30.3 Å². The minimum absolute atomic E-state index is 0.572. The summed E-state index contributed by atoms with van der Waals surface area (Å²) in [6.45, 7) is 0.752. The molecule has 1 saturated carbocycles. The molecule has 0 atom stereocenters. The molecule has 1 aliphatic rings. The summed E-state index contributed by atoms with van der Waals surface area (Å²) in [5.74, 6) is 0. The van der Waals surface area contributed by atoms with E-state index in [1.54, 1.807) is 0 Å². The lowest BCUT2D eigenvalue weighted by atomic mass is 9.95. The molecule has 4 rings (SSSR count). The van der Waals surface area contributed by atoms with Crippen molar-refractivity contribution in [1.82, 2.24) is 10.3 Å². The lowest BCUT2D eigenvalue weighted by molar-refractivity contribution is 0.463. The van der Waals surface area contributed by atoms with Gasteiger partial charge in [0.25, 0.3) is 0 Å². The van der Waals surface area contributed by atoms with Gasteiger partial charge in [-0.3, -0.25) is 5.41 Å². The molecule has 1 fully saturated rings. The number of hydrogen-bond donors (Lipinski definition) is 4. The summed E-state index contributed by atoms with van der Waals surface area (Å²) < 4.78 is 0. The van der Waals surface area contributed by atoms with Crippen LogP contribution in [0.5, 0.6) is 0 Å². The predicted octanol–water partition coefficient (Wildman–Crippen LogP) is 5.46. The van der Waals surface area contributed by atoms with E-state index in [1.807, 2.05) is 18.2 Å². The van der Waals surface area contributed by atoms with E-state index in [1.165, 1.54) is 66.0 Å². The Bertz CT molecular complexity index is 925. The fourth-order valence-corrected chi connectivity index (χ4v) is 4.26. The SMILES string of the molecule is N=CNCCc1cc(NC2CCCCC2)cc2c1[nH]c1ccc(Cl)cc12. The lowest BCUT2D eigenvalue weighted by Gasteiger charge is -2.24. The fraction of sp³-hybridized carbons (Fsp3) is 0.381. The Morgan fingerprint density at radius 2 is 1.96 bits per heavy atom. The molecule has 0 radical (unpaired) electrons. The van der Waals surface area contributed by atoms with E-state index in [0.717, 1.165) is 23.5 Å². The maximum absolute atomic E-state index is 7.18. The molecule has 136 valence electrons. The van der Waals surface area contributed by atoms with Crippen molar-refractivity contribution in [1.29, 1.82) is 5.41 Å². The van der Waals surface area contributed by atoms with Gasteiger partial charge in [-0.05, 0) is 55.2 Å². The van der Waals surface area contributed by atoms with E-state index < -0.39 is 0 Å². The third-order valence-electron chi connectivity index (χ3n) is 5.37. The maximum atomic E-state index is 7.18. The predicted molar refractivity (Wildman–Crippen MR) is 112 cm³/mol. The molecule has 0 amide bonds. The molecule has 3 aromatic rings. The minimum Gasteiger partial charge on any atom is -0.382 e. The number of rotatable bonds is 6. The van der Waals surface area contributed by atoms with Crippen molar-refractivity contribution in [3.05, 3.63) is 40.9 Å². The first-order chi connectivity index (χ1) is 12.7. The number of hydrogen-bond acceptors (Lipinski definition) is 2. The standard InChI is InChI=1S/C21H25ClN4/c22-15-6-7-20-18(11-15)19-12-17(25-16-4-2-1-3-5-16)10-14(21(19)26-20)8-9-24-13-23/h6-7,10-13,16,25-26H,1-5,8-9H2,(H2,23,24). The van der Waals surface area contributed by atoms with Crippen LogP contribution in [0.2, 0.25) is 5.02 Å². The van der Waals surface area contributed by atoms with E-state index in [9.17, 15) is 0 Å². The summed E-state index contributed by atoms with van der Waals surface area (Å²) in [4.78, 5) is 3.56. The first-order valence-electron chi connectivity index (χ1n) is 9.47. The highest BCUT2D eigenvalue weighted by Gasteiger charge is 2.15. The Morgan fingerprint density at radius 3 is 2.77 bits per heavy atom. The summed E-state index contributed by atoms with van der Waals surface area (Å²) in [5.41, 5.74) is 4.74. The summed E-state index contributed by atoms with van der Waals surface area (Å²) in [7, 11) is 0. The molecule has 0 saturated heterocycles. The maximum Gasteiger partial charge on any atom is 0.0791 e. The van der Waals surface area contributed by atoms with Gasteiger partial charge in [-0.15, -0.1) is 0 Å². The molecule has 0 aliphatic heterocycles. The number of halogens is 1. The molecule has 2 aromatic carbocycles. The zero-order valence-electron chi connectivity index (χ0n) is 14.9. The highest BCUT2D eigenvalue weighted by molar-refractivity contribution is 6.31. The summed E-state index contributed by atoms with van der Waals surface area (Å²) in [6.07, 6.45) is 8.62. The zero-order valence-corrected chi connectivity index (χ0v) is 15.6. The van der Waals surface area contributed by atoms with E-state index in [-0.39, 0.29) is 0 Å².